The number of hydrogen-bond acceptors (Lipinski definition) is 10. The van der Waals surface area contributed by atoms with E-state index < -0.39 is 54.7 Å². The lowest BCUT2D eigenvalue weighted by molar-refractivity contribution is -0.298. The number of carbonyl (C=O) groups is 3. The van der Waals surface area contributed by atoms with Gasteiger partial charge in [0.2, 0.25) is 0 Å². The molecule has 4 N–H and O–H groups in total. The van der Waals surface area contributed by atoms with Crippen LogP contribution in [0.15, 0.2) is 24.3 Å². The van der Waals surface area contributed by atoms with Gasteiger partial charge in [0.25, 0.3) is 0 Å². The van der Waals surface area contributed by atoms with Crippen LogP contribution in [0.1, 0.15) is 226 Å². The molecule has 1 aliphatic rings. The van der Waals surface area contributed by atoms with Gasteiger partial charge in [0.1, 0.15) is 24.9 Å². The maximum absolute atomic E-state index is 12.8. The summed E-state index contributed by atoms with van der Waals surface area (Å²) in [7, 11) is 0. The van der Waals surface area contributed by atoms with Gasteiger partial charge in [-0.2, -0.15) is 0 Å². The molecule has 1 rings (SSSR count). The molecule has 0 aromatic heterocycles. The summed E-state index contributed by atoms with van der Waals surface area (Å²) in [4.78, 5) is 36.9. The van der Waals surface area contributed by atoms with Gasteiger partial charge in [0, 0.05) is 12.8 Å². The van der Waals surface area contributed by atoms with E-state index >= 15 is 0 Å². The van der Waals surface area contributed by atoms with Gasteiger partial charge in [-0.15, -0.1) is 0 Å². The quantitative estimate of drug-likeness (QED) is 0.0262. The Kier molecular flexibility index (Phi) is 37.6. The lowest BCUT2D eigenvalue weighted by atomic mass is 9.99. The van der Waals surface area contributed by atoms with Crippen LogP contribution in [-0.4, -0.2) is 88.4 Å². The van der Waals surface area contributed by atoms with Gasteiger partial charge in [0.05, 0.1) is 6.61 Å². The number of aliphatic hydroxyl groups excluding tert-OH is 3. The second-order valence-electron chi connectivity index (χ2n) is 17.3. The van der Waals surface area contributed by atoms with Crippen molar-refractivity contribution < 1.29 is 53.8 Å². The smallest absolute Gasteiger partial charge is 0.335 e. The fraction of sp³-hybridized carbons (Fsp3) is 0.860. The summed E-state index contributed by atoms with van der Waals surface area (Å²) in [5.74, 6) is -2.43. The Bertz CT molecular complexity index is 1110. The SMILES string of the molecule is CCCCCCC/C=C\C/C=C\CCCCCCCCCCCCCC(=O)OCC(COC1OC(C(=O)O)C(O)C(O)C1O)OC(=O)CCCCCCCCCCCCCC. The first-order valence-electron chi connectivity index (χ1n) is 24.9. The lowest BCUT2D eigenvalue weighted by Gasteiger charge is -2.38. The first-order valence-corrected chi connectivity index (χ1v) is 24.9. The zero-order chi connectivity index (χ0) is 44.6. The fourth-order valence-electron chi connectivity index (χ4n) is 7.62. The summed E-state index contributed by atoms with van der Waals surface area (Å²) in [6, 6.07) is 0. The summed E-state index contributed by atoms with van der Waals surface area (Å²) in [6.45, 7) is 3.81. The molecular formula is C50H90O11. The molecule has 1 saturated heterocycles. The van der Waals surface area contributed by atoms with E-state index in [2.05, 4.69) is 38.2 Å². The van der Waals surface area contributed by atoms with Crippen molar-refractivity contribution in [1.82, 2.24) is 0 Å². The maximum atomic E-state index is 12.8. The van der Waals surface area contributed by atoms with Gasteiger partial charge in [-0.1, -0.05) is 192 Å². The van der Waals surface area contributed by atoms with Crippen LogP contribution >= 0.6 is 0 Å². The second kappa shape index (κ2) is 40.5. The topological polar surface area (TPSA) is 169 Å². The van der Waals surface area contributed by atoms with Crippen LogP contribution in [0.3, 0.4) is 0 Å². The molecule has 11 heteroatoms. The van der Waals surface area contributed by atoms with Gasteiger partial charge in [-0.25, -0.2) is 4.79 Å². The molecule has 0 saturated carbocycles. The summed E-state index contributed by atoms with van der Waals surface area (Å²) in [6.07, 6.45) is 36.6. The Labute approximate surface area is 370 Å². The molecular weight excluding hydrogens is 777 g/mol. The van der Waals surface area contributed by atoms with E-state index in [1.165, 1.54) is 141 Å². The molecule has 1 heterocycles. The number of carboxylic acid groups (broad SMARTS) is 1. The highest BCUT2D eigenvalue weighted by Gasteiger charge is 2.47. The summed E-state index contributed by atoms with van der Waals surface area (Å²) < 4.78 is 21.8. The van der Waals surface area contributed by atoms with Gasteiger partial charge < -0.3 is 39.4 Å². The van der Waals surface area contributed by atoms with E-state index in [9.17, 15) is 34.8 Å². The number of aliphatic carboxylic acids is 1. The van der Waals surface area contributed by atoms with Crippen LogP contribution in [0.5, 0.6) is 0 Å². The van der Waals surface area contributed by atoms with Crippen LogP contribution in [0.25, 0.3) is 0 Å². The average molecular weight is 867 g/mol. The van der Waals surface area contributed by atoms with Crippen LogP contribution in [0, 0.1) is 0 Å². The molecule has 6 atom stereocenters. The molecule has 1 aliphatic heterocycles. The number of aliphatic hydroxyl groups is 3. The Morgan fingerprint density at radius 3 is 1.36 bits per heavy atom. The summed E-state index contributed by atoms with van der Waals surface area (Å²) in [5.41, 5.74) is 0. The number of hydrogen-bond donors (Lipinski definition) is 4. The Morgan fingerprint density at radius 1 is 0.508 bits per heavy atom. The van der Waals surface area contributed by atoms with Gasteiger partial charge in [-0.05, 0) is 44.9 Å². The molecule has 61 heavy (non-hydrogen) atoms. The predicted octanol–water partition coefficient (Wildman–Crippen LogP) is 11.4. The van der Waals surface area contributed by atoms with E-state index in [1.54, 1.807) is 0 Å². The monoisotopic (exact) mass is 867 g/mol. The van der Waals surface area contributed by atoms with Crippen molar-refractivity contribution in [2.75, 3.05) is 13.2 Å². The molecule has 0 spiro atoms. The van der Waals surface area contributed by atoms with Crippen molar-refractivity contribution >= 4 is 17.9 Å². The first-order chi connectivity index (χ1) is 29.7. The number of unbranched alkanes of at least 4 members (excludes halogenated alkanes) is 27. The van der Waals surface area contributed by atoms with Crippen molar-refractivity contribution in [1.29, 1.82) is 0 Å². The molecule has 6 unspecified atom stereocenters. The number of rotatable bonds is 42. The largest absolute Gasteiger partial charge is 0.479 e. The highest BCUT2D eigenvalue weighted by molar-refractivity contribution is 5.73. The van der Waals surface area contributed by atoms with E-state index in [4.69, 9.17) is 18.9 Å². The van der Waals surface area contributed by atoms with Crippen LogP contribution in [-0.2, 0) is 33.3 Å². The molecule has 0 aliphatic carbocycles. The molecule has 0 radical (unpaired) electrons. The molecule has 1 fully saturated rings. The van der Waals surface area contributed by atoms with Gasteiger partial charge in [0.15, 0.2) is 18.5 Å². The van der Waals surface area contributed by atoms with Gasteiger partial charge >= 0.3 is 17.9 Å². The zero-order valence-corrected chi connectivity index (χ0v) is 38.7. The number of carboxylic acids is 1. The molecule has 0 aromatic rings. The lowest BCUT2D eigenvalue weighted by Crippen LogP contribution is -2.60. The molecule has 0 bridgehead atoms. The standard InChI is InChI=1S/C50H90O11/c1-3-5-7-9-11-13-15-17-18-19-20-21-22-23-24-25-26-27-29-30-32-34-36-38-43(51)58-40-42(41-59-50-47(55)45(53)46(54)48(61-50)49(56)57)60-44(52)39-37-35-33-31-28-16-14-12-10-8-6-4-2/h15,17,19-20,42,45-48,50,53-55H,3-14,16,18,21-41H2,1-2H3,(H,56,57)/b17-15-,20-19-. The highest BCUT2D eigenvalue weighted by Crippen LogP contribution is 2.23. The van der Waals surface area contributed by atoms with Crippen molar-refractivity contribution in [3.8, 4) is 0 Å². The Hall–Kier alpha value is -2.31. The van der Waals surface area contributed by atoms with E-state index in [1.807, 2.05) is 0 Å². The minimum absolute atomic E-state index is 0.187. The van der Waals surface area contributed by atoms with Crippen molar-refractivity contribution in [3.63, 3.8) is 0 Å². The third-order valence-corrected chi connectivity index (χ3v) is 11.6. The van der Waals surface area contributed by atoms with Crippen LogP contribution in [0.4, 0.5) is 0 Å². The van der Waals surface area contributed by atoms with Crippen molar-refractivity contribution in [3.05, 3.63) is 24.3 Å². The predicted molar refractivity (Wildman–Crippen MR) is 243 cm³/mol. The van der Waals surface area contributed by atoms with Crippen LogP contribution < -0.4 is 0 Å². The highest BCUT2D eigenvalue weighted by atomic mass is 16.7. The minimum Gasteiger partial charge on any atom is -0.479 e. The third-order valence-electron chi connectivity index (χ3n) is 11.6. The molecule has 0 amide bonds. The van der Waals surface area contributed by atoms with Gasteiger partial charge in [-0.3, -0.25) is 9.59 Å². The molecule has 0 aromatic carbocycles. The number of carbonyl (C=O) groups excluding carboxylic acids is 2. The Morgan fingerprint density at radius 2 is 0.918 bits per heavy atom. The van der Waals surface area contributed by atoms with Crippen molar-refractivity contribution in [2.24, 2.45) is 0 Å². The number of esters is 2. The van der Waals surface area contributed by atoms with E-state index in [0.717, 1.165) is 44.9 Å². The average Bonchev–Trinajstić information content (AvgIpc) is 3.24. The minimum atomic E-state index is -1.86. The number of ether oxygens (including phenoxy) is 4. The van der Waals surface area contributed by atoms with E-state index in [-0.39, 0.29) is 26.1 Å². The van der Waals surface area contributed by atoms with Crippen molar-refractivity contribution in [2.45, 2.75) is 263 Å². The van der Waals surface area contributed by atoms with Crippen LogP contribution in [0.2, 0.25) is 0 Å². The maximum Gasteiger partial charge on any atom is 0.335 e. The number of allylic oxidation sites excluding steroid dienone is 4. The molecule has 11 nitrogen and oxygen atoms in total. The first kappa shape index (κ1) is 56.7. The fourth-order valence-corrected chi connectivity index (χ4v) is 7.62. The molecule has 356 valence electrons. The summed E-state index contributed by atoms with van der Waals surface area (Å²) >= 11 is 0. The zero-order valence-electron chi connectivity index (χ0n) is 38.7. The Balaban J connectivity index is 2.26. The van der Waals surface area contributed by atoms with E-state index in [0.29, 0.717) is 12.8 Å². The summed E-state index contributed by atoms with van der Waals surface area (Å²) in [5, 5.41) is 39.8. The third kappa shape index (κ3) is 32.1. The normalized spacial score (nSPS) is 19.8. The second-order valence-corrected chi connectivity index (χ2v) is 17.3.